The fourth-order valence-corrected chi connectivity index (χ4v) is 0.595. The predicted molar refractivity (Wildman–Crippen MR) is 58.0 cm³/mol. The molecule has 0 saturated carbocycles. The fourth-order valence-electron chi connectivity index (χ4n) is 0.595. The highest BCUT2D eigenvalue weighted by Crippen LogP contribution is 1.82. The summed E-state index contributed by atoms with van der Waals surface area (Å²) in [6, 6.07) is 0. The number of guanidine groups is 1. The highest BCUT2D eigenvalue weighted by atomic mass is 32.3. The Hall–Kier alpha value is -0.900. The van der Waals surface area contributed by atoms with Gasteiger partial charge in [-0.05, 0) is 27.1 Å². The molecule has 0 aromatic heterocycles. The van der Waals surface area contributed by atoms with Crippen LogP contribution < -0.4 is 11.5 Å². The number of nitrogens with two attached hydrogens (primary N) is 2. The third-order valence-corrected chi connectivity index (χ3v) is 1.06. The molecule has 0 aliphatic heterocycles. The molecule has 15 heavy (non-hydrogen) atoms. The molecule has 0 aliphatic carbocycles. The Kier molecular flexibility index (Phi) is 9.27. The van der Waals surface area contributed by atoms with Gasteiger partial charge in [-0.25, -0.2) is 0 Å². The highest BCUT2D eigenvalue weighted by Gasteiger charge is 1.88. The van der Waals surface area contributed by atoms with Crippen molar-refractivity contribution in [1.82, 2.24) is 4.90 Å². The molecule has 9 heteroatoms. The van der Waals surface area contributed by atoms with Crippen LogP contribution in [0.15, 0.2) is 4.99 Å². The Morgan fingerprint density at radius 1 is 1.33 bits per heavy atom. The molecule has 0 amide bonds. The van der Waals surface area contributed by atoms with Crippen molar-refractivity contribution in [3.63, 3.8) is 0 Å². The second-order valence-electron chi connectivity index (χ2n) is 2.91. The molecule has 6 N–H and O–H groups in total. The lowest BCUT2D eigenvalue weighted by molar-refractivity contribution is 0.381. The van der Waals surface area contributed by atoms with E-state index in [2.05, 4.69) is 9.89 Å². The molecule has 92 valence electrons. The fraction of sp³-hybridized carbons (Fsp3) is 0.833. The van der Waals surface area contributed by atoms with Gasteiger partial charge in [-0.2, -0.15) is 8.42 Å². The first kappa shape index (κ1) is 16.5. The van der Waals surface area contributed by atoms with Gasteiger partial charge in [0, 0.05) is 6.54 Å². The minimum Gasteiger partial charge on any atom is -0.370 e. The molecule has 0 fully saturated rings. The molecule has 0 aliphatic rings. The van der Waals surface area contributed by atoms with Crippen molar-refractivity contribution in [1.29, 1.82) is 0 Å². The van der Waals surface area contributed by atoms with Crippen molar-refractivity contribution in [2.75, 3.05) is 27.2 Å². The topological polar surface area (TPSA) is 142 Å². The molecule has 0 spiro atoms. The van der Waals surface area contributed by atoms with Crippen LogP contribution in [0.1, 0.15) is 6.42 Å². The predicted octanol–water partition coefficient (Wildman–Crippen LogP) is -1.44. The largest absolute Gasteiger partial charge is 0.394 e. The summed E-state index contributed by atoms with van der Waals surface area (Å²) in [7, 11) is -0.620. The molecule has 0 heterocycles. The van der Waals surface area contributed by atoms with E-state index < -0.39 is 10.4 Å². The van der Waals surface area contributed by atoms with E-state index in [-0.39, 0.29) is 5.96 Å². The lowest BCUT2D eigenvalue weighted by Crippen LogP contribution is -2.23. The quantitative estimate of drug-likeness (QED) is 0.204. The van der Waals surface area contributed by atoms with Gasteiger partial charge in [-0.15, -0.1) is 0 Å². The van der Waals surface area contributed by atoms with E-state index in [1.807, 2.05) is 14.1 Å². The number of aliphatic imine (C=N–C) groups is 1. The first-order valence-electron chi connectivity index (χ1n) is 4.03. The van der Waals surface area contributed by atoms with E-state index in [1.165, 1.54) is 0 Å². The van der Waals surface area contributed by atoms with Gasteiger partial charge in [0.1, 0.15) is 0 Å². The zero-order valence-corrected chi connectivity index (χ0v) is 9.61. The third-order valence-electron chi connectivity index (χ3n) is 1.06. The van der Waals surface area contributed by atoms with Crippen LogP contribution >= 0.6 is 0 Å². The van der Waals surface area contributed by atoms with Gasteiger partial charge < -0.3 is 16.4 Å². The van der Waals surface area contributed by atoms with Crippen molar-refractivity contribution in [3.8, 4) is 0 Å². The van der Waals surface area contributed by atoms with Crippen LogP contribution in [0, 0.1) is 0 Å². The number of hydrogen-bond acceptors (Lipinski definition) is 4. The van der Waals surface area contributed by atoms with Gasteiger partial charge in [0.25, 0.3) is 0 Å². The van der Waals surface area contributed by atoms with Gasteiger partial charge in [-0.1, -0.05) is 0 Å². The van der Waals surface area contributed by atoms with E-state index in [1.54, 1.807) is 0 Å². The maximum absolute atomic E-state index is 8.74. The molecule has 0 radical (unpaired) electrons. The molecular formula is C6H18N4O4S. The number of hydrogen-bond donors (Lipinski definition) is 4. The normalized spacial score (nSPS) is 10.5. The lowest BCUT2D eigenvalue weighted by Gasteiger charge is -2.06. The molecule has 0 atom stereocenters. The average Bonchev–Trinajstić information content (AvgIpc) is 1.94. The summed E-state index contributed by atoms with van der Waals surface area (Å²) in [5.74, 6) is 0.179. The van der Waals surface area contributed by atoms with Crippen LogP contribution in [0.3, 0.4) is 0 Å². The maximum Gasteiger partial charge on any atom is 0.394 e. The molecular weight excluding hydrogens is 224 g/mol. The van der Waals surface area contributed by atoms with Crippen molar-refractivity contribution in [2.24, 2.45) is 16.5 Å². The Morgan fingerprint density at radius 2 is 1.73 bits per heavy atom. The standard InChI is InChI=1S/C6H16N4.H2O4S/c1-10(2)5-3-4-9-6(7)8;1-5(2,3)4/h3-5H2,1-2H3,(H4,7,8,9);(H2,1,2,3,4). The monoisotopic (exact) mass is 242 g/mol. The molecule has 0 aromatic carbocycles. The zero-order chi connectivity index (χ0) is 12.5. The summed E-state index contributed by atoms with van der Waals surface area (Å²) in [6.07, 6.45) is 1.00. The van der Waals surface area contributed by atoms with Crippen LogP contribution in [0.2, 0.25) is 0 Å². The molecule has 0 saturated heterocycles. The highest BCUT2D eigenvalue weighted by molar-refractivity contribution is 7.79. The van der Waals surface area contributed by atoms with Gasteiger partial charge in [0.05, 0.1) is 0 Å². The van der Waals surface area contributed by atoms with Crippen LogP contribution in [0.4, 0.5) is 0 Å². The Labute approximate surface area is 89.5 Å². The summed E-state index contributed by atoms with van der Waals surface area (Å²) in [4.78, 5) is 5.94. The second kappa shape index (κ2) is 8.41. The Morgan fingerprint density at radius 3 is 2.00 bits per heavy atom. The molecule has 0 rings (SSSR count). The Balaban J connectivity index is 0. The van der Waals surface area contributed by atoms with E-state index in [0.717, 1.165) is 19.5 Å². The smallest absolute Gasteiger partial charge is 0.370 e. The van der Waals surface area contributed by atoms with E-state index in [9.17, 15) is 0 Å². The van der Waals surface area contributed by atoms with E-state index >= 15 is 0 Å². The summed E-state index contributed by atoms with van der Waals surface area (Å²) in [5, 5.41) is 0. The summed E-state index contributed by atoms with van der Waals surface area (Å²) in [5.41, 5.74) is 10.2. The molecule has 0 bridgehead atoms. The third kappa shape index (κ3) is 43.4. The summed E-state index contributed by atoms with van der Waals surface area (Å²) < 4.78 is 31.6. The van der Waals surface area contributed by atoms with Crippen molar-refractivity contribution >= 4 is 16.4 Å². The lowest BCUT2D eigenvalue weighted by atomic mass is 10.4. The minimum atomic E-state index is -4.67. The number of rotatable bonds is 4. The van der Waals surface area contributed by atoms with Gasteiger partial charge in [0.15, 0.2) is 5.96 Å². The second-order valence-corrected chi connectivity index (χ2v) is 3.81. The van der Waals surface area contributed by atoms with Crippen molar-refractivity contribution < 1.29 is 17.5 Å². The van der Waals surface area contributed by atoms with E-state index in [0.29, 0.717) is 0 Å². The minimum absolute atomic E-state index is 0.179. The molecule has 0 unspecified atom stereocenters. The van der Waals surface area contributed by atoms with Crippen LogP contribution in [0.25, 0.3) is 0 Å². The van der Waals surface area contributed by atoms with Gasteiger partial charge in [0.2, 0.25) is 0 Å². The van der Waals surface area contributed by atoms with Crippen LogP contribution in [-0.4, -0.2) is 55.6 Å². The Bertz CT molecular complexity index is 263. The maximum atomic E-state index is 8.74. The number of nitrogens with zero attached hydrogens (tertiary/aromatic N) is 2. The van der Waals surface area contributed by atoms with Crippen molar-refractivity contribution in [2.45, 2.75) is 6.42 Å². The first-order chi connectivity index (χ1) is 6.63. The van der Waals surface area contributed by atoms with Gasteiger partial charge in [-0.3, -0.25) is 14.1 Å². The SMILES string of the molecule is CN(C)CCCN=C(N)N.O=S(=O)(O)O. The average molecular weight is 242 g/mol. The summed E-state index contributed by atoms with van der Waals surface area (Å²) >= 11 is 0. The van der Waals surface area contributed by atoms with Crippen molar-refractivity contribution in [3.05, 3.63) is 0 Å². The summed E-state index contributed by atoms with van der Waals surface area (Å²) in [6.45, 7) is 1.75. The van der Waals surface area contributed by atoms with Crippen LogP contribution in [-0.2, 0) is 10.4 Å². The van der Waals surface area contributed by atoms with Gasteiger partial charge >= 0.3 is 10.4 Å². The van der Waals surface area contributed by atoms with E-state index in [4.69, 9.17) is 29.0 Å². The molecule has 0 aromatic rings. The van der Waals surface area contributed by atoms with Crippen LogP contribution in [0.5, 0.6) is 0 Å². The molecule has 8 nitrogen and oxygen atoms in total. The first-order valence-corrected chi connectivity index (χ1v) is 5.42. The zero-order valence-electron chi connectivity index (χ0n) is 8.79.